The summed E-state index contributed by atoms with van der Waals surface area (Å²) in [5.41, 5.74) is 1.36. The molecule has 0 radical (unpaired) electrons. The van der Waals surface area contributed by atoms with E-state index in [0.29, 0.717) is 5.56 Å². The van der Waals surface area contributed by atoms with E-state index in [2.05, 4.69) is 10.6 Å². The van der Waals surface area contributed by atoms with Gasteiger partial charge in [-0.05, 0) is 36.3 Å². The van der Waals surface area contributed by atoms with Crippen LogP contribution in [-0.2, 0) is 20.9 Å². The number of amides is 3. The van der Waals surface area contributed by atoms with Gasteiger partial charge in [-0.2, -0.15) is 0 Å². The van der Waals surface area contributed by atoms with Crippen LogP contribution in [0.4, 0.5) is 9.18 Å². The molecule has 0 aromatic heterocycles. The van der Waals surface area contributed by atoms with Gasteiger partial charge in [0.2, 0.25) is 0 Å². The van der Waals surface area contributed by atoms with Gasteiger partial charge in [-0.3, -0.25) is 10.1 Å². The Labute approximate surface area is 166 Å². The molecule has 3 amide bonds. The van der Waals surface area contributed by atoms with E-state index >= 15 is 0 Å². The molecule has 8 heteroatoms. The third kappa shape index (κ3) is 6.85. The summed E-state index contributed by atoms with van der Waals surface area (Å²) in [6.45, 7) is 1.58. The van der Waals surface area contributed by atoms with Crippen molar-refractivity contribution in [3.8, 4) is 0 Å². The largest absolute Gasteiger partial charge is 0.449 e. The van der Waals surface area contributed by atoms with E-state index in [4.69, 9.17) is 16.3 Å². The van der Waals surface area contributed by atoms with E-state index in [0.717, 1.165) is 17.7 Å². The monoisotopic (exact) mass is 404 g/mol. The molecule has 1 atom stereocenters. The Morgan fingerprint density at radius 3 is 2.57 bits per heavy atom. The van der Waals surface area contributed by atoms with E-state index in [1.807, 2.05) is 30.3 Å². The Morgan fingerprint density at radius 2 is 1.89 bits per heavy atom. The van der Waals surface area contributed by atoms with Gasteiger partial charge in [0.15, 0.2) is 6.10 Å². The van der Waals surface area contributed by atoms with E-state index in [9.17, 15) is 18.8 Å². The zero-order valence-corrected chi connectivity index (χ0v) is 15.7. The summed E-state index contributed by atoms with van der Waals surface area (Å²) >= 11 is 5.65. The molecule has 28 heavy (non-hydrogen) atoms. The molecule has 0 saturated heterocycles. The van der Waals surface area contributed by atoms with E-state index < -0.39 is 29.8 Å². The minimum atomic E-state index is -1.18. The average Bonchev–Trinajstić information content (AvgIpc) is 2.68. The second-order valence-electron chi connectivity index (χ2n) is 5.74. The third-order valence-corrected chi connectivity index (χ3v) is 3.84. The first-order valence-electron chi connectivity index (χ1n) is 8.31. The van der Waals surface area contributed by atoms with Crippen LogP contribution in [-0.4, -0.2) is 24.0 Å². The zero-order chi connectivity index (χ0) is 20.5. The van der Waals surface area contributed by atoms with Gasteiger partial charge in [0.1, 0.15) is 5.82 Å². The molecule has 146 valence electrons. The van der Waals surface area contributed by atoms with Crippen molar-refractivity contribution in [2.75, 3.05) is 0 Å². The second kappa shape index (κ2) is 10.2. The standard InChI is InChI=1S/C20H18ClFN2O4/c1-13(19(26)24-20(27)23-12-15-5-3-2-4-6-15)28-18(25)10-8-14-7-9-17(22)16(21)11-14/h2-11,13H,12H2,1H3,(H2,23,24,26,27)/b10-8+/t13-/m0/s1. The Balaban J connectivity index is 1.78. The summed E-state index contributed by atoms with van der Waals surface area (Å²) in [6, 6.07) is 12.4. The number of rotatable bonds is 6. The highest BCUT2D eigenvalue weighted by Crippen LogP contribution is 2.16. The molecule has 0 heterocycles. The lowest BCUT2D eigenvalue weighted by Crippen LogP contribution is -2.44. The normalized spacial score (nSPS) is 11.7. The van der Waals surface area contributed by atoms with Crippen molar-refractivity contribution in [2.24, 2.45) is 0 Å². The van der Waals surface area contributed by atoms with Crippen molar-refractivity contribution in [3.05, 3.63) is 76.6 Å². The predicted octanol–water partition coefficient (Wildman–Crippen LogP) is 3.45. The van der Waals surface area contributed by atoms with Crippen molar-refractivity contribution in [1.29, 1.82) is 0 Å². The number of imide groups is 1. The third-order valence-electron chi connectivity index (χ3n) is 3.55. The summed E-state index contributed by atoms with van der Waals surface area (Å²) < 4.78 is 18.0. The first-order chi connectivity index (χ1) is 13.3. The highest BCUT2D eigenvalue weighted by atomic mass is 35.5. The van der Waals surface area contributed by atoms with Crippen molar-refractivity contribution in [2.45, 2.75) is 19.6 Å². The predicted molar refractivity (Wildman–Crippen MR) is 103 cm³/mol. The summed E-state index contributed by atoms with van der Waals surface area (Å²) in [5, 5.41) is 4.54. The van der Waals surface area contributed by atoms with E-state index in [1.54, 1.807) is 0 Å². The molecular formula is C20H18ClFN2O4. The van der Waals surface area contributed by atoms with Gasteiger partial charge in [0.25, 0.3) is 5.91 Å². The van der Waals surface area contributed by atoms with Crippen LogP contribution in [0.3, 0.4) is 0 Å². The number of benzene rings is 2. The average molecular weight is 405 g/mol. The maximum absolute atomic E-state index is 13.1. The first kappa shape index (κ1) is 21.1. The Hall–Kier alpha value is -3.19. The number of esters is 1. The minimum absolute atomic E-state index is 0.0789. The summed E-state index contributed by atoms with van der Waals surface area (Å²) in [6.07, 6.45) is 1.25. The fourth-order valence-corrected chi connectivity index (χ4v) is 2.27. The highest BCUT2D eigenvalue weighted by molar-refractivity contribution is 6.30. The number of hydrogen-bond acceptors (Lipinski definition) is 4. The SMILES string of the molecule is C[C@H](OC(=O)/C=C/c1ccc(F)c(Cl)c1)C(=O)NC(=O)NCc1ccccc1. The van der Waals surface area contributed by atoms with Gasteiger partial charge >= 0.3 is 12.0 Å². The van der Waals surface area contributed by atoms with Crippen LogP contribution in [0.25, 0.3) is 6.08 Å². The molecule has 2 aromatic rings. The van der Waals surface area contributed by atoms with Crippen molar-refractivity contribution < 1.29 is 23.5 Å². The van der Waals surface area contributed by atoms with Gasteiger partial charge in [-0.15, -0.1) is 0 Å². The smallest absolute Gasteiger partial charge is 0.331 e. The number of nitrogens with one attached hydrogen (secondary N) is 2. The molecule has 0 bridgehead atoms. The summed E-state index contributed by atoms with van der Waals surface area (Å²) in [4.78, 5) is 35.5. The highest BCUT2D eigenvalue weighted by Gasteiger charge is 2.18. The topological polar surface area (TPSA) is 84.5 Å². The van der Waals surface area contributed by atoms with Crippen molar-refractivity contribution in [3.63, 3.8) is 0 Å². The first-order valence-corrected chi connectivity index (χ1v) is 8.69. The van der Waals surface area contributed by atoms with Gasteiger partial charge in [0, 0.05) is 12.6 Å². The molecule has 0 fully saturated rings. The Bertz CT molecular complexity index is 887. The van der Waals surface area contributed by atoms with E-state index in [-0.39, 0.29) is 11.6 Å². The van der Waals surface area contributed by atoms with Gasteiger partial charge in [-0.1, -0.05) is 48.0 Å². The van der Waals surface area contributed by atoms with Crippen LogP contribution >= 0.6 is 11.6 Å². The van der Waals surface area contributed by atoms with Crippen LogP contribution in [0, 0.1) is 5.82 Å². The molecule has 0 aliphatic heterocycles. The maximum Gasteiger partial charge on any atom is 0.331 e. The number of halogens is 2. The number of carbonyl (C=O) groups excluding carboxylic acids is 3. The lowest BCUT2D eigenvalue weighted by molar-refractivity contribution is -0.149. The van der Waals surface area contributed by atoms with Crippen LogP contribution in [0.2, 0.25) is 5.02 Å². The Kier molecular flexibility index (Phi) is 7.71. The fourth-order valence-electron chi connectivity index (χ4n) is 2.08. The lowest BCUT2D eigenvalue weighted by Gasteiger charge is -2.12. The molecule has 0 unspecified atom stereocenters. The lowest BCUT2D eigenvalue weighted by atomic mass is 10.2. The number of ether oxygens (including phenoxy) is 1. The molecule has 0 aliphatic carbocycles. The molecule has 6 nitrogen and oxygen atoms in total. The number of carbonyl (C=O) groups is 3. The van der Waals surface area contributed by atoms with Crippen molar-refractivity contribution in [1.82, 2.24) is 10.6 Å². The maximum atomic E-state index is 13.1. The quantitative estimate of drug-likeness (QED) is 0.570. The number of urea groups is 1. The van der Waals surface area contributed by atoms with Gasteiger partial charge in [-0.25, -0.2) is 14.0 Å². The molecular weight excluding hydrogens is 387 g/mol. The molecule has 2 aromatic carbocycles. The molecule has 2 rings (SSSR count). The van der Waals surface area contributed by atoms with Gasteiger partial charge < -0.3 is 10.1 Å². The zero-order valence-electron chi connectivity index (χ0n) is 14.9. The second-order valence-corrected chi connectivity index (χ2v) is 6.15. The molecule has 0 spiro atoms. The van der Waals surface area contributed by atoms with Gasteiger partial charge in [0.05, 0.1) is 5.02 Å². The molecule has 2 N–H and O–H groups in total. The fraction of sp³-hybridized carbons (Fsp3) is 0.150. The summed E-state index contributed by atoms with van der Waals surface area (Å²) in [5.74, 6) is -2.14. The summed E-state index contributed by atoms with van der Waals surface area (Å²) in [7, 11) is 0. The van der Waals surface area contributed by atoms with Crippen molar-refractivity contribution >= 4 is 35.6 Å². The minimum Gasteiger partial charge on any atom is -0.449 e. The number of hydrogen-bond donors (Lipinski definition) is 2. The van der Waals surface area contributed by atoms with Crippen LogP contribution in [0.5, 0.6) is 0 Å². The molecule has 0 saturated carbocycles. The van der Waals surface area contributed by atoms with Crippen LogP contribution < -0.4 is 10.6 Å². The van der Waals surface area contributed by atoms with Crippen LogP contribution in [0.1, 0.15) is 18.1 Å². The van der Waals surface area contributed by atoms with Crippen LogP contribution in [0.15, 0.2) is 54.6 Å². The molecule has 0 aliphatic rings. The van der Waals surface area contributed by atoms with E-state index in [1.165, 1.54) is 25.1 Å². The Morgan fingerprint density at radius 1 is 1.18 bits per heavy atom.